The van der Waals surface area contributed by atoms with Crippen LogP contribution in [0.5, 0.6) is 0 Å². The molecule has 1 fully saturated rings. The van der Waals surface area contributed by atoms with Crippen LogP contribution < -0.4 is 5.32 Å². The van der Waals surface area contributed by atoms with Gasteiger partial charge < -0.3 is 14.8 Å². The lowest BCUT2D eigenvalue weighted by Crippen LogP contribution is -2.38. The molecule has 1 aliphatic heterocycles. The Bertz CT molecular complexity index is 162. The Morgan fingerprint density at radius 2 is 2.17 bits per heavy atom. The van der Waals surface area contributed by atoms with E-state index in [2.05, 4.69) is 5.32 Å². The van der Waals surface area contributed by atoms with E-state index in [1.807, 2.05) is 20.8 Å². The summed E-state index contributed by atoms with van der Waals surface area (Å²) in [6.45, 7) is 6.90. The van der Waals surface area contributed by atoms with Gasteiger partial charge in [0.2, 0.25) is 0 Å². The molecule has 3 heteroatoms. The third-order valence-corrected chi connectivity index (χ3v) is 1.86. The Morgan fingerprint density at radius 1 is 1.50 bits per heavy atom. The highest BCUT2D eigenvalue weighted by atomic mass is 16.5. The van der Waals surface area contributed by atoms with Crippen molar-refractivity contribution in [1.82, 2.24) is 5.32 Å². The molecule has 0 spiro atoms. The number of hydrogen-bond acceptors (Lipinski definition) is 3. The second kappa shape index (κ2) is 3.54. The van der Waals surface area contributed by atoms with Crippen molar-refractivity contribution in [2.75, 3.05) is 6.54 Å². The summed E-state index contributed by atoms with van der Waals surface area (Å²) >= 11 is 0. The van der Waals surface area contributed by atoms with Gasteiger partial charge in [0.1, 0.15) is 6.29 Å². The molecular weight excluding hydrogens is 154 g/mol. The van der Waals surface area contributed by atoms with Crippen LogP contribution in [-0.4, -0.2) is 30.6 Å². The van der Waals surface area contributed by atoms with Crippen molar-refractivity contribution < 1.29 is 9.53 Å². The van der Waals surface area contributed by atoms with Gasteiger partial charge in [-0.05, 0) is 33.7 Å². The van der Waals surface area contributed by atoms with E-state index in [0.717, 1.165) is 19.3 Å². The number of carbonyl (C=O) groups excluding carboxylic acids is 1. The quantitative estimate of drug-likeness (QED) is 0.622. The second-order valence-electron chi connectivity index (χ2n) is 4.17. The molecule has 0 aromatic rings. The average molecular weight is 171 g/mol. The Hall–Kier alpha value is -0.410. The largest absolute Gasteiger partial charge is 0.370 e. The van der Waals surface area contributed by atoms with Crippen molar-refractivity contribution in [2.24, 2.45) is 0 Å². The molecule has 1 rings (SSSR count). The standard InChI is InChI=1S/C9H17NO2/c1-9(2,3)12-8-4-5-10-7(8)6-11/h6-8,10H,4-5H2,1-3H3/t7-,8?/m1/s1. The van der Waals surface area contributed by atoms with Crippen molar-refractivity contribution in [3.05, 3.63) is 0 Å². The lowest BCUT2D eigenvalue weighted by molar-refractivity contribution is -0.116. The first-order chi connectivity index (χ1) is 5.53. The van der Waals surface area contributed by atoms with E-state index in [1.54, 1.807) is 0 Å². The van der Waals surface area contributed by atoms with E-state index in [9.17, 15) is 4.79 Å². The lowest BCUT2D eigenvalue weighted by Gasteiger charge is -2.26. The molecule has 0 aromatic carbocycles. The lowest BCUT2D eigenvalue weighted by atomic mass is 10.1. The highest BCUT2D eigenvalue weighted by Crippen LogP contribution is 2.18. The Kier molecular flexibility index (Phi) is 2.85. The highest BCUT2D eigenvalue weighted by Gasteiger charge is 2.30. The molecule has 0 aromatic heterocycles. The first-order valence-corrected chi connectivity index (χ1v) is 4.39. The third kappa shape index (κ3) is 2.57. The van der Waals surface area contributed by atoms with E-state index in [1.165, 1.54) is 0 Å². The minimum Gasteiger partial charge on any atom is -0.370 e. The maximum absolute atomic E-state index is 10.6. The second-order valence-corrected chi connectivity index (χ2v) is 4.17. The fraction of sp³-hybridized carbons (Fsp3) is 0.889. The summed E-state index contributed by atoms with van der Waals surface area (Å²) in [6, 6.07) is -0.107. The summed E-state index contributed by atoms with van der Waals surface area (Å²) in [5.74, 6) is 0. The Morgan fingerprint density at radius 3 is 2.67 bits per heavy atom. The first-order valence-electron chi connectivity index (χ1n) is 4.39. The molecule has 1 N–H and O–H groups in total. The van der Waals surface area contributed by atoms with Gasteiger partial charge >= 0.3 is 0 Å². The maximum Gasteiger partial charge on any atom is 0.139 e. The predicted molar refractivity (Wildman–Crippen MR) is 47.1 cm³/mol. The minimum atomic E-state index is -0.155. The van der Waals surface area contributed by atoms with Crippen LogP contribution in [0.2, 0.25) is 0 Å². The van der Waals surface area contributed by atoms with Gasteiger partial charge in [-0.1, -0.05) is 0 Å². The Balaban J connectivity index is 2.46. The molecule has 70 valence electrons. The van der Waals surface area contributed by atoms with Crippen molar-refractivity contribution in [3.63, 3.8) is 0 Å². The minimum absolute atomic E-state index is 0.0579. The predicted octanol–water partition coefficient (Wildman–Crippen LogP) is 0.731. The van der Waals surface area contributed by atoms with Gasteiger partial charge in [0.25, 0.3) is 0 Å². The molecule has 1 unspecified atom stereocenters. The molecule has 1 aliphatic rings. The van der Waals surface area contributed by atoms with Crippen molar-refractivity contribution in [1.29, 1.82) is 0 Å². The molecule has 1 heterocycles. The summed E-state index contributed by atoms with van der Waals surface area (Å²) in [7, 11) is 0. The zero-order valence-electron chi connectivity index (χ0n) is 7.96. The third-order valence-electron chi connectivity index (χ3n) is 1.86. The summed E-state index contributed by atoms with van der Waals surface area (Å²) in [6.07, 6.45) is 1.92. The molecular formula is C9H17NO2. The normalized spacial score (nSPS) is 30.6. The first kappa shape index (κ1) is 9.68. The number of rotatable bonds is 2. The maximum atomic E-state index is 10.6. The zero-order valence-corrected chi connectivity index (χ0v) is 7.96. The summed E-state index contributed by atoms with van der Waals surface area (Å²) in [5.41, 5.74) is -0.155. The Labute approximate surface area is 73.5 Å². The van der Waals surface area contributed by atoms with Gasteiger partial charge in [0.15, 0.2) is 0 Å². The molecule has 0 saturated carbocycles. The zero-order chi connectivity index (χ0) is 9.19. The van der Waals surface area contributed by atoms with Crippen LogP contribution in [-0.2, 0) is 9.53 Å². The van der Waals surface area contributed by atoms with Gasteiger partial charge in [-0.25, -0.2) is 0 Å². The number of aldehydes is 1. The van der Waals surface area contributed by atoms with Crippen LogP contribution in [0.25, 0.3) is 0 Å². The molecule has 3 nitrogen and oxygen atoms in total. The van der Waals surface area contributed by atoms with E-state index in [0.29, 0.717) is 0 Å². The summed E-state index contributed by atoms with van der Waals surface area (Å²) < 4.78 is 5.71. The number of ether oxygens (including phenoxy) is 1. The average Bonchev–Trinajstić information content (AvgIpc) is 2.31. The van der Waals surface area contributed by atoms with Gasteiger partial charge in [-0.2, -0.15) is 0 Å². The summed E-state index contributed by atoms with van der Waals surface area (Å²) in [5, 5.41) is 3.09. The van der Waals surface area contributed by atoms with E-state index in [4.69, 9.17) is 4.74 Å². The van der Waals surface area contributed by atoms with Gasteiger partial charge in [-0.3, -0.25) is 0 Å². The van der Waals surface area contributed by atoms with Crippen LogP contribution in [0.3, 0.4) is 0 Å². The van der Waals surface area contributed by atoms with E-state index >= 15 is 0 Å². The molecule has 0 amide bonds. The van der Waals surface area contributed by atoms with Gasteiger partial charge in [0, 0.05) is 0 Å². The summed E-state index contributed by atoms with van der Waals surface area (Å²) in [4.78, 5) is 10.6. The smallest absolute Gasteiger partial charge is 0.139 e. The van der Waals surface area contributed by atoms with Crippen molar-refractivity contribution in [2.45, 2.75) is 44.9 Å². The van der Waals surface area contributed by atoms with Crippen LogP contribution in [0.4, 0.5) is 0 Å². The molecule has 0 bridgehead atoms. The highest BCUT2D eigenvalue weighted by molar-refractivity contribution is 5.59. The number of nitrogens with one attached hydrogen (secondary N) is 1. The van der Waals surface area contributed by atoms with Crippen LogP contribution in [0.15, 0.2) is 0 Å². The van der Waals surface area contributed by atoms with Crippen LogP contribution in [0, 0.1) is 0 Å². The van der Waals surface area contributed by atoms with Crippen molar-refractivity contribution >= 4 is 6.29 Å². The van der Waals surface area contributed by atoms with E-state index in [-0.39, 0.29) is 17.7 Å². The van der Waals surface area contributed by atoms with Gasteiger partial charge in [-0.15, -0.1) is 0 Å². The molecule has 0 radical (unpaired) electrons. The monoisotopic (exact) mass is 171 g/mol. The van der Waals surface area contributed by atoms with Crippen LogP contribution >= 0.6 is 0 Å². The fourth-order valence-electron chi connectivity index (χ4n) is 1.43. The van der Waals surface area contributed by atoms with Gasteiger partial charge in [0.05, 0.1) is 17.7 Å². The number of carbonyl (C=O) groups is 1. The fourth-order valence-corrected chi connectivity index (χ4v) is 1.43. The molecule has 2 atom stereocenters. The number of hydrogen-bond donors (Lipinski definition) is 1. The van der Waals surface area contributed by atoms with Crippen LogP contribution in [0.1, 0.15) is 27.2 Å². The van der Waals surface area contributed by atoms with E-state index < -0.39 is 0 Å². The topological polar surface area (TPSA) is 38.3 Å². The van der Waals surface area contributed by atoms with Crippen molar-refractivity contribution in [3.8, 4) is 0 Å². The molecule has 1 saturated heterocycles. The molecule has 0 aliphatic carbocycles. The molecule has 12 heavy (non-hydrogen) atoms. The SMILES string of the molecule is CC(C)(C)OC1CCN[C@@H]1C=O.